The van der Waals surface area contributed by atoms with Crippen molar-refractivity contribution in [3.8, 4) is 45.4 Å². The molecule has 0 fully saturated rings. The lowest BCUT2D eigenvalue weighted by molar-refractivity contribution is 0.615. The van der Waals surface area contributed by atoms with Crippen molar-refractivity contribution in [2.75, 3.05) is 0 Å². The smallest absolute Gasteiger partial charge is 0.246 e. The summed E-state index contributed by atoms with van der Waals surface area (Å²) < 4.78 is 12.2. The predicted molar refractivity (Wildman–Crippen MR) is 137 cm³/mol. The Kier molecular flexibility index (Phi) is 4.63. The molecule has 5 aromatic heterocycles. The lowest BCUT2D eigenvalue weighted by atomic mass is 9.98. The molecule has 7 nitrogen and oxygen atoms in total. The largest absolute Gasteiger partial charge is 0.435 e. The molecule has 0 saturated heterocycles. The highest BCUT2D eigenvalue weighted by Gasteiger charge is 2.22. The number of benzene rings is 2. The molecule has 0 radical (unpaired) electrons. The van der Waals surface area contributed by atoms with Crippen LogP contribution in [0, 0.1) is 0 Å². The van der Waals surface area contributed by atoms with Gasteiger partial charge in [0.05, 0.1) is 0 Å². The molecular weight excluding hydrogens is 450 g/mol. The van der Waals surface area contributed by atoms with Gasteiger partial charge >= 0.3 is 0 Å². The van der Waals surface area contributed by atoms with Crippen LogP contribution in [0.1, 0.15) is 0 Å². The number of oxazole rings is 2. The van der Waals surface area contributed by atoms with Gasteiger partial charge in [0, 0.05) is 47.0 Å². The van der Waals surface area contributed by atoms with Gasteiger partial charge in [0.25, 0.3) is 0 Å². The van der Waals surface area contributed by atoms with Gasteiger partial charge < -0.3 is 8.83 Å². The summed E-state index contributed by atoms with van der Waals surface area (Å²) in [5.74, 6) is 0.860. The number of rotatable bonds is 4. The van der Waals surface area contributed by atoms with Gasteiger partial charge in [-0.2, -0.15) is 0 Å². The average Bonchev–Trinajstić information content (AvgIpc) is 3.58. The van der Waals surface area contributed by atoms with Crippen LogP contribution in [0.15, 0.2) is 112 Å². The van der Waals surface area contributed by atoms with Gasteiger partial charge in [0.1, 0.15) is 22.4 Å². The fraction of sp³-hybridized carbons (Fsp3) is 0. The molecule has 0 N–H and O–H groups in total. The molecule has 0 bridgehead atoms. The van der Waals surface area contributed by atoms with Crippen LogP contribution in [0.2, 0.25) is 0 Å². The van der Waals surface area contributed by atoms with Crippen molar-refractivity contribution in [3.05, 3.63) is 104 Å². The van der Waals surface area contributed by atoms with Gasteiger partial charge in [-0.3, -0.25) is 9.97 Å². The minimum Gasteiger partial charge on any atom is -0.435 e. The van der Waals surface area contributed by atoms with Crippen molar-refractivity contribution < 1.29 is 8.83 Å². The molecule has 0 unspecified atom stereocenters. The first-order chi connectivity index (χ1) is 17.8. The van der Waals surface area contributed by atoms with E-state index in [9.17, 15) is 0 Å². The van der Waals surface area contributed by atoms with Gasteiger partial charge in [-0.15, -0.1) is 0 Å². The Morgan fingerprint density at radius 3 is 1.86 bits per heavy atom. The van der Waals surface area contributed by atoms with E-state index in [1.807, 2.05) is 79.0 Å². The van der Waals surface area contributed by atoms with Crippen molar-refractivity contribution in [2.24, 2.45) is 0 Å². The summed E-state index contributed by atoms with van der Waals surface area (Å²) in [6.07, 6.45) is 7.09. The second kappa shape index (κ2) is 8.25. The maximum Gasteiger partial charge on any atom is 0.246 e. The van der Waals surface area contributed by atoms with E-state index in [-0.39, 0.29) is 0 Å². The molecule has 36 heavy (non-hydrogen) atoms. The molecule has 7 rings (SSSR count). The Labute approximate surface area is 205 Å². The number of aromatic nitrogens is 5. The molecule has 0 spiro atoms. The molecule has 5 heterocycles. The van der Waals surface area contributed by atoms with Gasteiger partial charge in [0.15, 0.2) is 11.2 Å². The number of pyridine rings is 3. The summed E-state index contributed by atoms with van der Waals surface area (Å²) in [5, 5.41) is 0. The fourth-order valence-corrected chi connectivity index (χ4v) is 4.27. The van der Waals surface area contributed by atoms with Crippen LogP contribution in [0.25, 0.3) is 67.6 Å². The lowest BCUT2D eigenvalue weighted by Gasteiger charge is -2.11. The van der Waals surface area contributed by atoms with Crippen LogP contribution in [0.4, 0.5) is 0 Å². The average molecular weight is 467 g/mol. The standard InChI is InChI=1S/C29H17N5O2/c1-3-11-24-22(9-1)33-28(35-24)26-20(8-6-14-31-26)21-15-19(18-7-5-13-30-16-18)17-32-27(21)29-34-23-10-2-4-12-25(23)36-29/h1-17H. The Bertz CT molecular complexity index is 1790. The molecule has 7 heteroatoms. The molecule has 0 aliphatic carbocycles. The van der Waals surface area contributed by atoms with Gasteiger partial charge in [0.2, 0.25) is 11.8 Å². The van der Waals surface area contributed by atoms with E-state index >= 15 is 0 Å². The summed E-state index contributed by atoms with van der Waals surface area (Å²) in [6.45, 7) is 0. The molecule has 2 aromatic carbocycles. The van der Waals surface area contributed by atoms with E-state index in [0.29, 0.717) is 34.3 Å². The summed E-state index contributed by atoms with van der Waals surface area (Å²) in [6, 6.07) is 25.1. The highest BCUT2D eigenvalue weighted by molar-refractivity contribution is 5.89. The Morgan fingerprint density at radius 1 is 0.528 bits per heavy atom. The zero-order valence-electron chi connectivity index (χ0n) is 18.9. The van der Waals surface area contributed by atoms with E-state index in [1.54, 1.807) is 18.6 Å². The van der Waals surface area contributed by atoms with Crippen LogP contribution in [0.5, 0.6) is 0 Å². The van der Waals surface area contributed by atoms with E-state index in [1.165, 1.54) is 0 Å². The first-order valence-corrected chi connectivity index (χ1v) is 11.4. The Balaban J connectivity index is 1.48. The van der Waals surface area contributed by atoms with Crippen molar-refractivity contribution in [1.29, 1.82) is 0 Å². The van der Waals surface area contributed by atoms with Crippen LogP contribution >= 0.6 is 0 Å². The maximum absolute atomic E-state index is 6.11. The zero-order chi connectivity index (χ0) is 23.9. The SMILES string of the molecule is c1cncc(-c2cnc(-c3nc4ccccc4o3)c(-c3cccnc3-c3nc4ccccc4o3)c2)c1. The summed E-state index contributed by atoms with van der Waals surface area (Å²) in [4.78, 5) is 23.1. The first kappa shape index (κ1) is 20.2. The molecule has 170 valence electrons. The minimum absolute atomic E-state index is 0.427. The number of nitrogens with zero attached hydrogens (tertiary/aromatic N) is 5. The topological polar surface area (TPSA) is 90.7 Å². The van der Waals surface area contributed by atoms with Crippen LogP contribution in [-0.2, 0) is 0 Å². The van der Waals surface area contributed by atoms with E-state index in [4.69, 9.17) is 18.8 Å². The second-order valence-electron chi connectivity index (χ2n) is 8.23. The van der Waals surface area contributed by atoms with Crippen molar-refractivity contribution in [2.45, 2.75) is 0 Å². The minimum atomic E-state index is 0.427. The van der Waals surface area contributed by atoms with Crippen LogP contribution < -0.4 is 0 Å². The summed E-state index contributed by atoms with van der Waals surface area (Å²) >= 11 is 0. The number of para-hydroxylation sites is 4. The Hall–Kier alpha value is -5.17. The van der Waals surface area contributed by atoms with Crippen LogP contribution in [0.3, 0.4) is 0 Å². The number of fused-ring (bicyclic) bond motifs is 2. The number of hydrogen-bond acceptors (Lipinski definition) is 7. The third-order valence-corrected chi connectivity index (χ3v) is 5.97. The highest BCUT2D eigenvalue weighted by Crippen LogP contribution is 2.39. The first-order valence-electron chi connectivity index (χ1n) is 11.4. The fourth-order valence-electron chi connectivity index (χ4n) is 4.27. The lowest BCUT2D eigenvalue weighted by Crippen LogP contribution is -1.95. The molecule has 0 aliphatic heterocycles. The van der Waals surface area contributed by atoms with Gasteiger partial charge in [-0.05, 0) is 42.5 Å². The molecule has 0 aliphatic rings. The quantitative estimate of drug-likeness (QED) is 0.280. The number of hydrogen-bond donors (Lipinski definition) is 0. The van der Waals surface area contributed by atoms with Crippen molar-refractivity contribution in [1.82, 2.24) is 24.9 Å². The zero-order valence-corrected chi connectivity index (χ0v) is 18.9. The third-order valence-electron chi connectivity index (χ3n) is 5.97. The van der Waals surface area contributed by atoms with Crippen molar-refractivity contribution >= 4 is 22.2 Å². The van der Waals surface area contributed by atoms with Gasteiger partial charge in [-0.25, -0.2) is 15.0 Å². The van der Waals surface area contributed by atoms with Crippen molar-refractivity contribution in [3.63, 3.8) is 0 Å². The third kappa shape index (κ3) is 3.42. The second-order valence-corrected chi connectivity index (χ2v) is 8.23. The maximum atomic E-state index is 6.11. The normalized spacial score (nSPS) is 11.3. The van der Waals surface area contributed by atoms with E-state index in [0.717, 1.165) is 33.3 Å². The van der Waals surface area contributed by atoms with E-state index in [2.05, 4.69) is 21.0 Å². The molecule has 0 saturated carbocycles. The molecule has 0 amide bonds. The van der Waals surface area contributed by atoms with E-state index < -0.39 is 0 Å². The Morgan fingerprint density at radius 2 is 1.19 bits per heavy atom. The van der Waals surface area contributed by atoms with Crippen LogP contribution in [-0.4, -0.2) is 24.9 Å². The molecular formula is C29H17N5O2. The predicted octanol–water partition coefficient (Wildman–Crippen LogP) is 6.82. The molecule has 0 atom stereocenters. The highest BCUT2D eigenvalue weighted by atomic mass is 16.4. The monoisotopic (exact) mass is 467 g/mol. The summed E-state index contributed by atoms with van der Waals surface area (Å²) in [5.41, 5.74) is 7.60. The molecule has 7 aromatic rings. The van der Waals surface area contributed by atoms with Gasteiger partial charge in [-0.1, -0.05) is 36.4 Å². The summed E-state index contributed by atoms with van der Waals surface area (Å²) in [7, 11) is 0.